The van der Waals surface area contributed by atoms with Crippen LogP contribution in [0.5, 0.6) is 0 Å². The lowest BCUT2D eigenvalue weighted by Crippen LogP contribution is -2.22. The van der Waals surface area contributed by atoms with Crippen LogP contribution in [0.15, 0.2) is 53.3 Å². The van der Waals surface area contributed by atoms with Gasteiger partial charge in [-0.25, -0.2) is 9.97 Å². The molecule has 0 bridgehead atoms. The molecule has 0 aliphatic heterocycles. The molecule has 4 aromatic rings. The number of para-hydroxylation sites is 2. The van der Waals surface area contributed by atoms with Crippen LogP contribution < -0.4 is 10.9 Å². The van der Waals surface area contributed by atoms with Gasteiger partial charge in [-0.1, -0.05) is 41.7 Å². The fourth-order valence-corrected chi connectivity index (χ4v) is 3.93. The molecule has 2 aromatic heterocycles. The van der Waals surface area contributed by atoms with Crippen LogP contribution in [0.4, 0.5) is 5.13 Å². The van der Waals surface area contributed by atoms with E-state index in [1.807, 2.05) is 69.4 Å². The van der Waals surface area contributed by atoms with Crippen molar-refractivity contribution in [1.82, 2.24) is 14.5 Å². The van der Waals surface area contributed by atoms with E-state index in [1.54, 1.807) is 4.57 Å². The Morgan fingerprint density at radius 2 is 1.73 bits per heavy atom. The van der Waals surface area contributed by atoms with Gasteiger partial charge in [0.2, 0.25) is 0 Å². The van der Waals surface area contributed by atoms with E-state index in [4.69, 9.17) is 4.98 Å². The molecule has 0 unspecified atom stereocenters. The third kappa shape index (κ3) is 2.59. The number of anilines is 1. The number of rotatable bonds is 3. The molecule has 4 rings (SSSR count). The van der Waals surface area contributed by atoms with Gasteiger partial charge in [-0.15, -0.1) is 0 Å². The molecule has 5 nitrogen and oxygen atoms in total. The van der Waals surface area contributed by atoms with Crippen LogP contribution in [0.1, 0.15) is 11.3 Å². The second kappa shape index (κ2) is 6.38. The number of hydrogen-bond donors (Lipinski definition) is 1. The molecule has 130 valence electrons. The quantitative estimate of drug-likeness (QED) is 0.594. The Balaban J connectivity index is 2.14. The number of fused-ring (bicyclic) bond motifs is 1. The van der Waals surface area contributed by atoms with E-state index < -0.39 is 0 Å². The van der Waals surface area contributed by atoms with Crippen LogP contribution in [0.2, 0.25) is 0 Å². The minimum Gasteiger partial charge on any atom is -0.365 e. The van der Waals surface area contributed by atoms with Crippen LogP contribution in [0, 0.1) is 13.8 Å². The van der Waals surface area contributed by atoms with Gasteiger partial charge in [0.1, 0.15) is 0 Å². The van der Waals surface area contributed by atoms with Gasteiger partial charge in [0, 0.05) is 7.05 Å². The van der Waals surface area contributed by atoms with Crippen LogP contribution in [-0.4, -0.2) is 21.6 Å². The van der Waals surface area contributed by atoms with Crippen molar-refractivity contribution in [3.63, 3.8) is 0 Å². The van der Waals surface area contributed by atoms with Crippen molar-refractivity contribution in [3.05, 3.63) is 70.1 Å². The molecule has 6 heteroatoms. The topological polar surface area (TPSA) is 59.8 Å². The van der Waals surface area contributed by atoms with E-state index in [2.05, 4.69) is 10.3 Å². The Hall–Kier alpha value is -2.99. The largest absolute Gasteiger partial charge is 0.365 e. The van der Waals surface area contributed by atoms with Gasteiger partial charge in [0.25, 0.3) is 5.56 Å². The molecule has 0 spiro atoms. The van der Waals surface area contributed by atoms with Crippen molar-refractivity contribution in [2.45, 2.75) is 13.8 Å². The molecule has 0 saturated carbocycles. The van der Waals surface area contributed by atoms with Crippen molar-refractivity contribution in [3.8, 4) is 16.4 Å². The number of aromatic nitrogens is 3. The second-order valence-electron chi connectivity index (χ2n) is 6.06. The Labute approximate surface area is 155 Å². The summed E-state index contributed by atoms with van der Waals surface area (Å²) >= 11 is 1.50. The molecule has 26 heavy (non-hydrogen) atoms. The fourth-order valence-electron chi connectivity index (χ4n) is 3.03. The second-order valence-corrected chi connectivity index (χ2v) is 7.06. The molecule has 0 fully saturated rings. The Morgan fingerprint density at radius 1 is 1.00 bits per heavy atom. The Bertz CT molecular complexity index is 1180. The molecule has 0 amide bonds. The van der Waals surface area contributed by atoms with Gasteiger partial charge < -0.3 is 5.32 Å². The number of benzene rings is 2. The van der Waals surface area contributed by atoms with E-state index in [9.17, 15) is 4.79 Å². The van der Waals surface area contributed by atoms with Gasteiger partial charge in [0.15, 0.2) is 11.0 Å². The summed E-state index contributed by atoms with van der Waals surface area (Å²) in [6.45, 7) is 3.94. The monoisotopic (exact) mass is 362 g/mol. The minimum absolute atomic E-state index is 0.0706. The lowest BCUT2D eigenvalue weighted by molar-refractivity contribution is 0.965. The van der Waals surface area contributed by atoms with Crippen molar-refractivity contribution in [1.29, 1.82) is 0 Å². The normalized spacial score (nSPS) is 11.0. The predicted octanol–water partition coefficient (Wildman–Crippen LogP) is 4.17. The molecule has 0 atom stereocenters. The Kier molecular flexibility index (Phi) is 4.05. The predicted molar refractivity (Wildman–Crippen MR) is 107 cm³/mol. The maximum Gasteiger partial charge on any atom is 0.266 e. The first-order valence-corrected chi connectivity index (χ1v) is 9.15. The summed E-state index contributed by atoms with van der Waals surface area (Å²) < 4.78 is 1.71. The first-order chi connectivity index (χ1) is 12.6. The fraction of sp³-hybridized carbons (Fsp3) is 0.150. The molecule has 0 saturated heterocycles. The minimum atomic E-state index is -0.0706. The van der Waals surface area contributed by atoms with Crippen molar-refractivity contribution < 1.29 is 0 Å². The summed E-state index contributed by atoms with van der Waals surface area (Å²) in [5.41, 5.74) is 3.33. The highest BCUT2D eigenvalue weighted by atomic mass is 32.1. The number of thiazole rings is 1. The van der Waals surface area contributed by atoms with Gasteiger partial charge in [-0.05, 0) is 37.6 Å². The molecule has 0 aliphatic carbocycles. The molecular weight excluding hydrogens is 344 g/mol. The molecule has 1 N–H and O–H groups in total. The summed E-state index contributed by atoms with van der Waals surface area (Å²) in [5, 5.41) is 4.48. The summed E-state index contributed by atoms with van der Waals surface area (Å²) in [6, 6.07) is 15.3. The van der Waals surface area contributed by atoms with Gasteiger partial charge >= 0.3 is 0 Å². The Morgan fingerprint density at radius 3 is 2.46 bits per heavy atom. The van der Waals surface area contributed by atoms with Crippen LogP contribution in [0.25, 0.3) is 27.3 Å². The van der Waals surface area contributed by atoms with Crippen LogP contribution >= 0.6 is 11.3 Å². The summed E-state index contributed by atoms with van der Waals surface area (Å²) in [6.07, 6.45) is 0. The molecule has 0 radical (unpaired) electrons. The van der Waals surface area contributed by atoms with E-state index in [1.165, 1.54) is 11.3 Å². The standard InChI is InChI=1S/C20H18N4OS/c1-12-8-4-7-11-16(12)24-18(17-13(2)22-20(21-3)26-17)23-15-10-6-5-9-14(15)19(24)25/h4-11H,1-3H3,(H,21,22). The first-order valence-electron chi connectivity index (χ1n) is 8.33. The summed E-state index contributed by atoms with van der Waals surface area (Å²) in [5.74, 6) is 0.625. The average molecular weight is 362 g/mol. The highest BCUT2D eigenvalue weighted by molar-refractivity contribution is 7.19. The van der Waals surface area contributed by atoms with Crippen LogP contribution in [0.3, 0.4) is 0 Å². The van der Waals surface area contributed by atoms with E-state index in [-0.39, 0.29) is 5.56 Å². The van der Waals surface area contributed by atoms with Crippen LogP contribution in [-0.2, 0) is 0 Å². The van der Waals surface area contributed by atoms with Crippen molar-refractivity contribution in [2.24, 2.45) is 0 Å². The molecular formula is C20H18N4OS. The first kappa shape index (κ1) is 16.5. The van der Waals surface area contributed by atoms with Crippen molar-refractivity contribution in [2.75, 3.05) is 12.4 Å². The smallest absolute Gasteiger partial charge is 0.266 e. The summed E-state index contributed by atoms with van der Waals surface area (Å²) in [7, 11) is 1.84. The number of nitrogens with one attached hydrogen (secondary N) is 1. The van der Waals surface area contributed by atoms with Gasteiger partial charge in [-0.3, -0.25) is 9.36 Å². The zero-order chi connectivity index (χ0) is 18.3. The third-order valence-electron chi connectivity index (χ3n) is 4.35. The van der Waals surface area contributed by atoms with E-state index >= 15 is 0 Å². The zero-order valence-corrected chi connectivity index (χ0v) is 15.6. The highest BCUT2D eigenvalue weighted by Gasteiger charge is 2.19. The number of aryl methyl sites for hydroxylation is 2. The number of nitrogens with zero attached hydrogens (tertiary/aromatic N) is 3. The molecule has 2 aromatic carbocycles. The van der Waals surface area contributed by atoms with Crippen molar-refractivity contribution >= 4 is 27.4 Å². The maximum atomic E-state index is 13.4. The molecule has 0 aliphatic rings. The third-order valence-corrected chi connectivity index (χ3v) is 5.52. The van der Waals surface area contributed by atoms with Gasteiger partial charge in [0.05, 0.1) is 27.2 Å². The highest BCUT2D eigenvalue weighted by Crippen LogP contribution is 2.33. The summed E-state index contributed by atoms with van der Waals surface area (Å²) in [4.78, 5) is 23.6. The maximum absolute atomic E-state index is 13.4. The lowest BCUT2D eigenvalue weighted by atomic mass is 10.1. The molecule has 2 heterocycles. The average Bonchev–Trinajstić information content (AvgIpc) is 3.03. The SMILES string of the molecule is CNc1nc(C)c(-c2nc3ccccc3c(=O)n2-c2ccccc2C)s1. The zero-order valence-electron chi connectivity index (χ0n) is 14.8. The van der Waals surface area contributed by atoms with E-state index in [0.717, 1.165) is 27.0 Å². The lowest BCUT2D eigenvalue weighted by Gasteiger charge is -2.15. The van der Waals surface area contributed by atoms with E-state index in [0.29, 0.717) is 16.7 Å². The number of hydrogen-bond acceptors (Lipinski definition) is 5. The van der Waals surface area contributed by atoms with Gasteiger partial charge in [-0.2, -0.15) is 0 Å².